The normalized spacial score (nSPS) is 14.4. The minimum atomic E-state index is 0.333. The van der Waals surface area contributed by atoms with Gasteiger partial charge in [0.2, 0.25) is 0 Å². The molecule has 0 unspecified atom stereocenters. The predicted octanol–water partition coefficient (Wildman–Crippen LogP) is 5.33. The molecule has 1 saturated heterocycles. The van der Waals surface area contributed by atoms with E-state index in [1.54, 1.807) is 14.2 Å². The largest absolute Gasteiger partial charge is 0.497 e. The van der Waals surface area contributed by atoms with Gasteiger partial charge in [-0.2, -0.15) is 0 Å². The van der Waals surface area contributed by atoms with E-state index in [0.29, 0.717) is 12.6 Å². The maximum atomic E-state index is 5.83. The third-order valence-corrected chi connectivity index (χ3v) is 7.42. The number of piperidine rings is 1. The number of aromatic nitrogens is 2. The number of hydrogen-bond donors (Lipinski definition) is 1. The molecule has 1 aliphatic heterocycles. The average molecular weight is 542 g/mol. The van der Waals surface area contributed by atoms with E-state index >= 15 is 0 Å². The van der Waals surface area contributed by atoms with E-state index in [4.69, 9.17) is 14.2 Å². The number of hydrogen-bond acceptors (Lipinski definition) is 8. The molecular formula is C32H39N5O3. The Labute approximate surface area is 236 Å². The van der Waals surface area contributed by atoms with Crippen molar-refractivity contribution in [2.45, 2.75) is 25.4 Å². The van der Waals surface area contributed by atoms with Crippen LogP contribution in [-0.4, -0.2) is 80.6 Å². The molecule has 1 fully saturated rings. The molecule has 0 bridgehead atoms. The van der Waals surface area contributed by atoms with Crippen molar-refractivity contribution in [3.05, 3.63) is 72.3 Å². The zero-order valence-corrected chi connectivity index (χ0v) is 23.9. The first kappa shape index (κ1) is 27.7. The molecule has 0 saturated carbocycles. The molecule has 3 aromatic carbocycles. The van der Waals surface area contributed by atoms with E-state index in [2.05, 4.69) is 69.7 Å². The summed E-state index contributed by atoms with van der Waals surface area (Å²) in [5.74, 6) is 3.34. The minimum absolute atomic E-state index is 0.333. The fraction of sp³-hybridized carbons (Fsp3) is 0.375. The highest BCUT2D eigenvalue weighted by Gasteiger charge is 2.21. The smallest absolute Gasteiger partial charge is 0.156 e. The van der Waals surface area contributed by atoms with Gasteiger partial charge in [0, 0.05) is 48.6 Å². The highest BCUT2D eigenvalue weighted by Crippen LogP contribution is 2.34. The molecule has 4 aromatic rings. The Hall–Kier alpha value is -3.88. The lowest BCUT2D eigenvalue weighted by atomic mass is 10.0. The third kappa shape index (κ3) is 6.81. The highest BCUT2D eigenvalue weighted by atomic mass is 16.5. The number of rotatable bonds is 11. The average Bonchev–Trinajstić information content (AvgIpc) is 2.99. The van der Waals surface area contributed by atoms with Gasteiger partial charge in [-0.05, 0) is 87.1 Å². The molecule has 40 heavy (non-hydrogen) atoms. The van der Waals surface area contributed by atoms with Crippen LogP contribution in [0.4, 0.5) is 5.82 Å². The van der Waals surface area contributed by atoms with Crippen LogP contribution in [0.3, 0.4) is 0 Å². The summed E-state index contributed by atoms with van der Waals surface area (Å²) in [6, 6.07) is 22.8. The second kappa shape index (κ2) is 13.0. The van der Waals surface area contributed by atoms with E-state index in [9.17, 15) is 0 Å². The van der Waals surface area contributed by atoms with Crippen LogP contribution in [0.5, 0.6) is 17.2 Å². The maximum Gasteiger partial charge on any atom is 0.156 e. The number of likely N-dealkylation sites (tertiary alicyclic amines) is 1. The molecular weight excluding hydrogens is 502 g/mol. The second-order valence-electron chi connectivity index (χ2n) is 10.5. The van der Waals surface area contributed by atoms with Crippen LogP contribution < -0.4 is 19.5 Å². The highest BCUT2D eigenvalue weighted by molar-refractivity contribution is 6.00. The Balaban J connectivity index is 1.22. The number of benzene rings is 3. The van der Waals surface area contributed by atoms with E-state index in [-0.39, 0.29) is 0 Å². The molecule has 2 heterocycles. The quantitative estimate of drug-likeness (QED) is 0.273. The summed E-state index contributed by atoms with van der Waals surface area (Å²) in [5.41, 5.74) is 3.15. The van der Waals surface area contributed by atoms with E-state index in [0.717, 1.165) is 84.1 Å². The van der Waals surface area contributed by atoms with E-state index < -0.39 is 0 Å². The van der Waals surface area contributed by atoms with Gasteiger partial charge in [-0.15, -0.1) is 10.2 Å². The van der Waals surface area contributed by atoms with Crippen molar-refractivity contribution in [1.82, 2.24) is 20.0 Å². The van der Waals surface area contributed by atoms with Crippen LogP contribution in [0.1, 0.15) is 18.4 Å². The number of nitrogens with one attached hydrogen (secondary N) is 1. The third-order valence-electron chi connectivity index (χ3n) is 7.42. The first-order valence-corrected chi connectivity index (χ1v) is 13.9. The molecule has 1 aliphatic rings. The van der Waals surface area contributed by atoms with Crippen LogP contribution in [-0.2, 0) is 6.54 Å². The number of ether oxygens (including phenoxy) is 3. The minimum Gasteiger partial charge on any atom is -0.497 e. The van der Waals surface area contributed by atoms with Crippen molar-refractivity contribution in [1.29, 1.82) is 0 Å². The molecule has 1 aromatic heterocycles. The topological polar surface area (TPSA) is 72.0 Å². The van der Waals surface area contributed by atoms with Crippen molar-refractivity contribution in [3.63, 3.8) is 0 Å². The Morgan fingerprint density at radius 2 is 1.50 bits per heavy atom. The van der Waals surface area contributed by atoms with Crippen LogP contribution in [0.2, 0.25) is 0 Å². The van der Waals surface area contributed by atoms with Crippen molar-refractivity contribution in [2.75, 3.05) is 59.9 Å². The fourth-order valence-corrected chi connectivity index (χ4v) is 5.05. The Morgan fingerprint density at radius 1 is 0.825 bits per heavy atom. The number of nitrogens with zero attached hydrogens (tertiary/aromatic N) is 4. The van der Waals surface area contributed by atoms with Gasteiger partial charge in [-0.1, -0.05) is 12.1 Å². The van der Waals surface area contributed by atoms with Gasteiger partial charge < -0.3 is 24.4 Å². The van der Waals surface area contributed by atoms with Crippen molar-refractivity contribution >= 4 is 16.6 Å². The zero-order valence-electron chi connectivity index (χ0n) is 23.9. The number of fused-ring (bicyclic) bond motifs is 1. The van der Waals surface area contributed by atoms with Crippen molar-refractivity contribution < 1.29 is 14.2 Å². The molecule has 210 valence electrons. The summed E-state index contributed by atoms with van der Waals surface area (Å²) < 4.78 is 16.7. The molecule has 8 nitrogen and oxygen atoms in total. The predicted molar refractivity (Wildman–Crippen MR) is 160 cm³/mol. The maximum absolute atomic E-state index is 5.83. The lowest BCUT2D eigenvalue weighted by Gasteiger charge is -2.32. The van der Waals surface area contributed by atoms with E-state index in [1.807, 2.05) is 36.4 Å². The molecule has 5 rings (SSSR count). The molecule has 1 N–H and O–H groups in total. The molecule has 0 atom stereocenters. The van der Waals surface area contributed by atoms with Crippen LogP contribution >= 0.6 is 0 Å². The fourth-order valence-electron chi connectivity index (χ4n) is 5.05. The van der Waals surface area contributed by atoms with Gasteiger partial charge in [0.25, 0.3) is 0 Å². The SMILES string of the molecule is COc1ccc(-c2nnc(NC3CCN(Cc4ccc(OCCN(C)C)cc4)CC3)c3cc(OC)ccc23)cc1. The second-order valence-corrected chi connectivity index (χ2v) is 10.5. The molecule has 0 radical (unpaired) electrons. The van der Waals surface area contributed by atoms with E-state index in [1.165, 1.54) is 5.56 Å². The lowest BCUT2D eigenvalue weighted by Crippen LogP contribution is -2.38. The Morgan fingerprint density at radius 3 is 2.17 bits per heavy atom. The standard InChI is InChI=1S/C32H39N5O3/c1-36(2)19-20-40-27-9-5-23(6-10-27)22-37-17-15-25(16-18-37)33-32-30-21-28(39-4)13-14-29(30)31(34-35-32)24-7-11-26(38-3)12-8-24/h5-14,21,25H,15-20,22H2,1-4H3,(H,33,35). The summed E-state index contributed by atoms with van der Waals surface area (Å²) in [5, 5.41) is 15.0. The first-order valence-electron chi connectivity index (χ1n) is 13.9. The summed E-state index contributed by atoms with van der Waals surface area (Å²) in [7, 11) is 7.46. The molecule has 0 aliphatic carbocycles. The monoisotopic (exact) mass is 541 g/mol. The molecule has 8 heteroatoms. The van der Waals surface area contributed by atoms with Gasteiger partial charge in [-0.3, -0.25) is 4.90 Å². The van der Waals surface area contributed by atoms with Gasteiger partial charge in [0.05, 0.1) is 14.2 Å². The summed E-state index contributed by atoms with van der Waals surface area (Å²) in [6.07, 6.45) is 2.08. The molecule has 0 spiro atoms. The number of likely N-dealkylation sites (N-methyl/N-ethyl adjacent to an activating group) is 1. The van der Waals surface area contributed by atoms with Gasteiger partial charge >= 0.3 is 0 Å². The zero-order chi connectivity index (χ0) is 27.9. The molecule has 0 amide bonds. The Bertz CT molecular complexity index is 1380. The summed E-state index contributed by atoms with van der Waals surface area (Å²) >= 11 is 0. The van der Waals surface area contributed by atoms with Crippen LogP contribution in [0.25, 0.3) is 22.0 Å². The lowest BCUT2D eigenvalue weighted by molar-refractivity contribution is 0.211. The van der Waals surface area contributed by atoms with Gasteiger partial charge in [0.15, 0.2) is 5.82 Å². The van der Waals surface area contributed by atoms with Gasteiger partial charge in [0.1, 0.15) is 29.5 Å². The number of anilines is 1. The summed E-state index contributed by atoms with van der Waals surface area (Å²) in [6.45, 7) is 4.60. The Kier molecular flexibility index (Phi) is 8.98. The van der Waals surface area contributed by atoms with Crippen molar-refractivity contribution in [2.24, 2.45) is 0 Å². The number of methoxy groups -OCH3 is 2. The van der Waals surface area contributed by atoms with Crippen molar-refractivity contribution in [3.8, 4) is 28.5 Å². The first-order chi connectivity index (χ1) is 19.5. The summed E-state index contributed by atoms with van der Waals surface area (Å²) in [4.78, 5) is 4.63. The van der Waals surface area contributed by atoms with Crippen LogP contribution in [0, 0.1) is 0 Å². The van der Waals surface area contributed by atoms with Gasteiger partial charge in [-0.25, -0.2) is 0 Å². The van der Waals surface area contributed by atoms with Crippen LogP contribution in [0.15, 0.2) is 66.7 Å².